The number of carbonyl (C=O) groups is 1. The molecular weight excluding hydrogens is 368 g/mol. The Morgan fingerprint density at radius 2 is 2.03 bits per heavy atom. The first-order valence-electron chi connectivity index (χ1n) is 10.7. The molecule has 1 aromatic carbocycles. The Morgan fingerprint density at radius 1 is 1.24 bits per heavy atom. The molecule has 29 heavy (non-hydrogen) atoms. The first-order chi connectivity index (χ1) is 14.1. The lowest BCUT2D eigenvalue weighted by Crippen LogP contribution is -2.44. The molecule has 1 saturated heterocycles. The van der Waals surface area contributed by atoms with Gasteiger partial charge < -0.3 is 25.0 Å². The van der Waals surface area contributed by atoms with Gasteiger partial charge in [0, 0.05) is 39.1 Å². The van der Waals surface area contributed by atoms with Gasteiger partial charge in [-0.2, -0.15) is 0 Å². The number of methoxy groups -OCH3 is 1. The van der Waals surface area contributed by atoms with Crippen LogP contribution < -0.4 is 20.1 Å². The van der Waals surface area contributed by atoms with Crippen molar-refractivity contribution >= 4 is 11.9 Å². The van der Waals surface area contributed by atoms with Gasteiger partial charge in [0.2, 0.25) is 5.91 Å². The van der Waals surface area contributed by atoms with Crippen molar-refractivity contribution in [3.63, 3.8) is 0 Å². The van der Waals surface area contributed by atoms with Crippen molar-refractivity contribution in [2.24, 2.45) is 4.99 Å². The van der Waals surface area contributed by atoms with Crippen molar-refractivity contribution in [1.29, 1.82) is 0 Å². The normalized spacial score (nSPS) is 20.0. The van der Waals surface area contributed by atoms with Gasteiger partial charge in [0.25, 0.3) is 0 Å². The molecule has 7 heteroatoms. The average molecular weight is 403 g/mol. The number of nitrogens with one attached hydrogen (secondary N) is 2. The Bertz CT molecular complexity index is 716. The monoisotopic (exact) mass is 402 g/mol. The quantitative estimate of drug-likeness (QED) is 0.542. The minimum absolute atomic E-state index is 0.213. The van der Waals surface area contributed by atoms with Gasteiger partial charge in [-0.3, -0.25) is 9.79 Å². The van der Waals surface area contributed by atoms with Crippen LogP contribution in [0.3, 0.4) is 0 Å². The fourth-order valence-corrected chi connectivity index (χ4v) is 4.01. The van der Waals surface area contributed by atoms with Crippen LogP contribution in [0.4, 0.5) is 0 Å². The van der Waals surface area contributed by atoms with Gasteiger partial charge in [-0.25, -0.2) is 0 Å². The molecule has 1 amide bonds. The van der Waals surface area contributed by atoms with Gasteiger partial charge >= 0.3 is 0 Å². The Kier molecular flexibility index (Phi) is 7.61. The number of carbonyl (C=O) groups excluding carboxylic acids is 1. The maximum Gasteiger partial charge on any atom is 0.222 e. The molecule has 1 saturated carbocycles. The van der Waals surface area contributed by atoms with Crippen molar-refractivity contribution < 1.29 is 14.3 Å². The number of guanidine groups is 1. The molecule has 0 radical (unpaired) electrons. The molecule has 1 heterocycles. The molecule has 7 nitrogen and oxygen atoms in total. The van der Waals surface area contributed by atoms with Gasteiger partial charge in [0.1, 0.15) is 0 Å². The first kappa shape index (κ1) is 21.3. The number of rotatable bonds is 7. The van der Waals surface area contributed by atoms with E-state index in [2.05, 4.69) is 21.7 Å². The van der Waals surface area contributed by atoms with E-state index in [0.29, 0.717) is 13.0 Å². The van der Waals surface area contributed by atoms with Crippen molar-refractivity contribution in [1.82, 2.24) is 15.5 Å². The van der Waals surface area contributed by atoms with Gasteiger partial charge in [0.15, 0.2) is 17.5 Å². The molecule has 2 fully saturated rings. The number of hydrogen-bond donors (Lipinski definition) is 2. The Hall–Kier alpha value is -2.44. The second kappa shape index (κ2) is 10.4. The van der Waals surface area contributed by atoms with Crippen molar-refractivity contribution in [2.45, 2.75) is 64.1 Å². The predicted octanol–water partition coefficient (Wildman–Crippen LogP) is 2.69. The highest BCUT2D eigenvalue weighted by Gasteiger charge is 2.25. The molecule has 3 rings (SSSR count). The van der Waals surface area contributed by atoms with Crippen LogP contribution in [0.2, 0.25) is 0 Å². The van der Waals surface area contributed by atoms with E-state index in [1.807, 2.05) is 24.0 Å². The van der Waals surface area contributed by atoms with Crippen LogP contribution >= 0.6 is 0 Å². The predicted molar refractivity (Wildman–Crippen MR) is 114 cm³/mol. The van der Waals surface area contributed by atoms with E-state index in [9.17, 15) is 4.79 Å². The van der Waals surface area contributed by atoms with Crippen LogP contribution in [0.25, 0.3) is 0 Å². The third-order valence-electron chi connectivity index (χ3n) is 5.69. The van der Waals surface area contributed by atoms with Gasteiger partial charge in [-0.1, -0.05) is 13.0 Å². The van der Waals surface area contributed by atoms with E-state index in [0.717, 1.165) is 55.4 Å². The smallest absolute Gasteiger partial charge is 0.222 e. The molecule has 160 valence electrons. The highest BCUT2D eigenvalue weighted by Crippen LogP contribution is 2.32. The van der Waals surface area contributed by atoms with E-state index < -0.39 is 0 Å². The van der Waals surface area contributed by atoms with Crippen molar-refractivity contribution in [3.8, 4) is 11.5 Å². The molecule has 1 unspecified atom stereocenters. The lowest BCUT2D eigenvalue weighted by Gasteiger charge is -2.19. The molecule has 0 bridgehead atoms. The van der Waals surface area contributed by atoms with Crippen LogP contribution in [0.5, 0.6) is 11.5 Å². The zero-order chi connectivity index (χ0) is 20.6. The number of benzene rings is 1. The summed E-state index contributed by atoms with van der Waals surface area (Å²) < 4.78 is 11.7. The number of hydrogen-bond acceptors (Lipinski definition) is 4. The summed E-state index contributed by atoms with van der Waals surface area (Å²) in [6, 6.07) is 6.28. The van der Waals surface area contributed by atoms with Crippen LogP contribution in [0, 0.1) is 0 Å². The van der Waals surface area contributed by atoms with Crippen LogP contribution in [0.1, 0.15) is 51.0 Å². The number of amides is 1. The molecule has 1 aliphatic heterocycles. The Balaban J connectivity index is 1.54. The van der Waals surface area contributed by atoms with Crippen LogP contribution in [-0.4, -0.2) is 56.2 Å². The molecule has 0 aromatic heterocycles. The average Bonchev–Trinajstić information content (AvgIpc) is 3.42. The van der Waals surface area contributed by atoms with E-state index in [4.69, 9.17) is 9.47 Å². The molecule has 0 spiro atoms. The van der Waals surface area contributed by atoms with E-state index in [-0.39, 0.29) is 18.1 Å². The molecule has 2 N–H and O–H groups in total. The Labute approximate surface area is 173 Å². The SMILES string of the molecule is CCC(=O)N1CCC(NC(=NC)NCc2ccc(OC)c(OC3CCCC3)c2)C1. The van der Waals surface area contributed by atoms with E-state index >= 15 is 0 Å². The summed E-state index contributed by atoms with van der Waals surface area (Å²) in [4.78, 5) is 18.1. The van der Waals surface area contributed by atoms with Gasteiger partial charge in [-0.05, 0) is 49.8 Å². The maximum atomic E-state index is 11.9. The van der Waals surface area contributed by atoms with Crippen molar-refractivity contribution in [2.75, 3.05) is 27.2 Å². The molecular formula is C22H34N4O3. The number of nitrogens with zero attached hydrogens (tertiary/aromatic N) is 2. The van der Waals surface area contributed by atoms with Crippen LogP contribution in [-0.2, 0) is 11.3 Å². The second-order valence-electron chi connectivity index (χ2n) is 7.76. The summed E-state index contributed by atoms with van der Waals surface area (Å²) in [5, 5.41) is 6.80. The summed E-state index contributed by atoms with van der Waals surface area (Å²) in [5.74, 6) is 2.54. The maximum absolute atomic E-state index is 11.9. The minimum atomic E-state index is 0.213. The third-order valence-corrected chi connectivity index (χ3v) is 5.69. The molecule has 1 aromatic rings. The molecule has 1 aliphatic carbocycles. The first-order valence-corrected chi connectivity index (χ1v) is 10.7. The highest BCUT2D eigenvalue weighted by molar-refractivity contribution is 5.80. The Morgan fingerprint density at radius 3 is 2.72 bits per heavy atom. The number of aliphatic imine (C=N–C) groups is 1. The van der Waals surface area contributed by atoms with Crippen molar-refractivity contribution in [3.05, 3.63) is 23.8 Å². The molecule has 2 aliphatic rings. The number of likely N-dealkylation sites (tertiary alicyclic amines) is 1. The summed E-state index contributed by atoms with van der Waals surface area (Å²) in [6.07, 6.45) is 6.48. The second-order valence-corrected chi connectivity index (χ2v) is 7.76. The van der Waals surface area contributed by atoms with E-state index in [1.54, 1.807) is 14.2 Å². The van der Waals surface area contributed by atoms with Gasteiger partial charge in [0.05, 0.1) is 13.2 Å². The fraction of sp³-hybridized carbons (Fsp3) is 0.636. The summed E-state index contributed by atoms with van der Waals surface area (Å²) in [6.45, 7) is 4.08. The largest absolute Gasteiger partial charge is 0.493 e. The zero-order valence-corrected chi connectivity index (χ0v) is 17.9. The third kappa shape index (κ3) is 5.78. The molecule has 1 atom stereocenters. The lowest BCUT2D eigenvalue weighted by molar-refractivity contribution is -0.129. The fourth-order valence-electron chi connectivity index (χ4n) is 4.01. The minimum Gasteiger partial charge on any atom is -0.493 e. The lowest BCUT2D eigenvalue weighted by atomic mass is 10.2. The highest BCUT2D eigenvalue weighted by atomic mass is 16.5. The van der Waals surface area contributed by atoms with Gasteiger partial charge in [-0.15, -0.1) is 0 Å². The summed E-state index contributed by atoms with van der Waals surface area (Å²) >= 11 is 0. The topological polar surface area (TPSA) is 75.2 Å². The summed E-state index contributed by atoms with van der Waals surface area (Å²) in [7, 11) is 3.44. The number of ether oxygens (including phenoxy) is 2. The van der Waals surface area contributed by atoms with Crippen LogP contribution in [0.15, 0.2) is 23.2 Å². The van der Waals surface area contributed by atoms with E-state index in [1.165, 1.54) is 12.8 Å². The zero-order valence-electron chi connectivity index (χ0n) is 17.9. The standard InChI is InChI=1S/C22H34N4O3/c1-4-21(27)26-12-11-17(15-26)25-22(23-2)24-14-16-9-10-19(28-3)20(13-16)29-18-7-5-6-8-18/h9-10,13,17-18H,4-8,11-12,14-15H2,1-3H3,(H2,23,24,25). The summed E-state index contributed by atoms with van der Waals surface area (Å²) in [5.41, 5.74) is 1.11.